The van der Waals surface area contributed by atoms with Crippen molar-refractivity contribution in [2.24, 2.45) is 5.41 Å². The average Bonchev–Trinajstić information content (AvgIpc) is 2.69. The van der Waals surface area contributed by atoms with Crippen LogP contribution >= 0.6 is 0 Å². The summed E-state index contributed by atoms with van der Waals surface area (Å²) < 4.78 is 48.9. The number of nitrogens with zero attached hydrogens (tertiary/aromatic N) is 2. The number of rotatable bonds is 10. The SMILES string of the molecule is COCC#CCN(CC1(CNS(C)(=O)=O)CN(C(=O)OCc2ccccc2)C1)[SH]=O. The lowest BCUT2D eigenvalue weighted by molar-refractivity contribution is -0.0100. The molecule has 30 heavy (non-hydrogen) atoms. The molecule has 2 rings (SSSR count). The Balaban J connectivity index is 1.96. The van der Waals surface area contributed by atoms with Gasteiger partial charge in [0.1, 0.15) is 13.2 Å². The number of carbonyl (C=O) groups is 1. The van der Waals surface area contributed by atoms with Crippen molar-refractivity contribution in [2.75, 3.05) is 52.7 Å². The highest BCUT2D eigenvalue weighted by Crippen LogP contribution is 2.32. The number of methoxy groups -OCH3 is 1. The van der Waals surface area contributed by atoms with E-state index in [9.17, 15) is 17.4 Å². The predicted octanol–water partition coefficient (Wildman–Crippen LogP) is -0.0135. The first-order valence-corrected chi connectivity index (χ1v) is 11.9. The summed E-state index contributed by atoms with van der Waals surface area (Å²) in [6.45, 7) is 1.63. The standard InChI is InChI=1S/C19H27N3O6S2/c1-27-11-7-6-10-22(29-24)16-19(13-20-30(2,25)26)14-21(15-19)18(23)28-12-17-8-4-3-5-9-17/h3-5,8-9,20,29H,10-16H2,1-2H3. The molecule has 1 amide bonds. The number of carbonyl (C=O) groups excluding carboxylic acids is 1. The Morgan fingerprint density at radius 2 is 2.00 bits per heavy atom. The Kier molecular flexibility index (Phi) is 9.26. The van der Waals surface area contributed by atoms with Crippen molar-refractivity contribution >= 4 is 28.0 Å². The van der Waals surface area contributed by atoms with Crippen LogP contribution in [0.15, 0.2) is 30.3 Å². The second kappa shape index (κ2) is 11.4. The zero-order valence-corrected chi connectivity index (χ0v) is 18.7. The number of ether oxygens (including phenoxy) is 2. The summed E-state index contributed by atoms with van der Waals surface area (Å²) in [5, 5.41) is 0. The highest BCUT2D eigenvalue weighted by molar-refractivity contribution is 7.88. The van der Waals surface area contributed by atoms with Gasteiger partial charge in [-0.05, 0) is 5.56 Å². The van der Waals surface area contributed by atoms with Crippen LogP contribution in [0.5, 0.6) is 0 Å². The number of benzene rings is 1. The first-order chi connectivity index (χ1) is 14.3. The van der Waals surface area contributed by atoms with Crippen molar-refractivity contribution in [2.45, 2.75) is 6.61 Å². The molecule has 0 radical (unpaired) electrons. The molecule has 1 saturated heterocycles. The molecule has 1 heterocycles. The molecule has 0 spiro atoms. The van der Waals surface area contributed by atoms with E-state index in [1.807, 2.05) is 30.3 Å². The molecule has 166 valence electrons. The van der Waals surface area contributed by atoms with Gasteiger partial charge in [-0.2, -0.15) is 0 Å². The smallest absolute Gasteiger partial charge is 0.410 e. The number of thiol groups is 1. The van der Waals surface area contributed by atoms with E-state index in [1.165, 1.54) is 12.0 Å². The Bertz CT molecular complexity index is 877. The molecular formula is C19H27N3O6S2. The molecule has 0 aromatic heterocycles. The lowest BCUT2D eigenvalue weighted by atomic mass is 9.80. The van der Waals surface area contributed by atoms with Gasteiger partial charge < -0.3 is 14.4 Å². The van der Waals surface area contributed by atoms with Gasteiger partial charge >= 0.3 is 6.09 Å². The molecule has 0 unspecified atom stereocenters. The van der Waals surface area contributed by atoms with E-state index in [-0.39, 0.29) is 51.2 Å². The molecule has 1 aromatic rings. The van der Waals surface area contributed by atoms with Gasteiger partial charge in [-0.3, -0.25) is 0 Å². The third kappa shape index (κ3) is 8.04. The number of amides is 1. The Morgan fingerprint density at radius 3 is 2.60 bits per heavy atom. The fourth-order valence-electron chi connectivity index (χ4n) is 3.03. The summed E-state index contributed by atoms with van der Waals surface area (Å²) in [4.78, 5) is 13.8. The first kappa shape index (κ1) is 24.3. The summed E-state index contributed by atoms with van der Waals surface area (Å²) in [7, 11) is -1.88. The molecule has 1 aliphatic heterocycles. The average molecular weight is 458 g/mol. The zero-order valence-electron chi connectivity index (χ0n) is 17.0. The van der Waals surface area contributed by atoms with Gasteiger partial charge in [0.05, 0.1) is 24.7 Å². The quantitative estimate of drug-likeness (QED) is 0.378. The third-order valence-electron chi connectivity index (χ3n) is 4.46. The maximum absolute atomic E-state index is 12.3. The number of hydrogen-bond acceptors (Lipinski definition) is 6. The van der Waals surface area contributed by atoms with Gasteiger partial charge in [-0.25, -0.2) is 26.4 Å². The molecule has 0 bridgehead atoms. The Morgan fingerprint density at radius 1 is 1.30 bits per heavy atom. The Labute approximate surface area is 181 Å². The van der Waals surface area contributed by atoms with Gasteiger partial charge in [-0.15, -0.1) is 0 Å². The molecular weight excluding hydrogens is 430 g/mol. The van der Waals surface area contributed by atoms with Gasteiger partial charge in [0.25, 0.3) is 0 Å². The van der Waals surface area contributed by atoms with Gasteiger partial charge in [0.2, 0.25) is 10.0 Å². The maximum Gasteiger partial charge on any atom is 0.410 e. The Hall–Kier alpha value is -1.97. The largest absolute Gasteiger partial charge is 0.445 e. The zero-order chi connectivity index (χ0) is 22.0. The van der Waals surface area contributed by atoms with Crippen molar-refractivity contribution in [3.05, 3.63) is 35.9 Å². The van der Waals surface area contributed by atoms with E-state index < -0.39 is 21.5 Å². The van der Waals surface area contributed by atoms with Crippen molar-refractivity contribution in [3.8, 4) is 11.8 Å². The van der Waals surface area contributed by atoms with Crippen LogP contribution in [0.3, 0.4) is 0 Å². The monoisotopic (exact) mass is 457 g/mol. The third-order valence-corrected chi connectivity index (χ3v) is 5.64. The van der Waals surface area contributed by atoms with Gasteiger partial charge in [0, 0.05) is 38.7 Å². The number of hydrogen-bond donors (Lipinski definition) is 2. The molecule has 11 heteroatoms. The lowest BCUT2D eigenvalue weighted by Gasteiger charge is -2.50. The summed E-state index contributed by atoms with van der Waals surface area (Å²) in [5.41, 5.74) is 0.289. The molecule has 1 fully saturated rings. The molecule has 1 aliphatic rings. The number of sulfonamides is 1. The molecule has 0 atom stereocenters. The van der Waals surface area contributed by atoms with Crippen LogP contribution in [-0.2, 0) is 38.0 Å². The van der Waals surface area contributed by atoms with E-state index >= 15 is 0 Å². The molecule has 1 aromatic carbocycles. The van der Waals surface area contributed by atoms with E-state index in [0.717, 1.165) is 11.8 Å². The molecule has 1 N–H and O–H groups in total. The van der Waals surface area contributed by atoms with Crippen LogP contribution < -0.4 is 4.72 Å². The van der Waals surface area contributed by atoms with Crippen LogP contribution in [0.25, 0.3) is 0 Å². The second-order valence-corrected chi connectivity index (χ2v) is 9.74. The summed E-state index contributed by atoms with van der Waals surface area (Å²) in [6, 6.07) is 9.32. The molecule has 0 saturated carbocycles. The summed E-state index contributed by atoms with van der Waals surface area (Å²) >= 11 is -0.229. The van der Waals surface area contributed by atoms with Crippen LogP contribution in [0.4, 0.5) is 4.79 Å². The summed E-state index contributed by atoms with van der Waals surface area (Å²) in [6.07, 6.45) is 0.602. The topological polar surface area (TPSA) is 105 Å². The fourth-order valence-corrected chi connectivity index (χ4v) is 4.08. The minimum atomic E-state index is -3.41. The van der Waals surface area contributed by atoms with E-state index in [1.54, 1.807) is 4.31 Å². The predicted molar refractivity (Wildman–Crippen MR) is 114 cm³/mol. The highest BCUT2D eigenvalue weighted by atomic mass is 32.2. The number of likely N-dealkylation sites (tertiary alicyclic amines) is 1. The minimum absolute atomic E-state index is 0.117. The summed E-state index contributed by atoms with van der Waals surface area (Å²) in [5.74, 6) is 5.64. The van der Waals surface area contributed by atoms with Gasteiger partial charge in [0.15, 0.2) is 0 Å². The van der Waals surface area contributed by atoms with Crippen molar-refractivity contribution < 1.29 is 26.9 Å². The lowest BCUT2D eigenvalue weighted by Crippen LogP contribution is -2.66. The normalized spacial score (nSPS) is 15.2. The first-order valence-electron chi connectivity index (χ1n) is 9.20. The van der Waals surface area contributed by atoms with E-state index in [0.29, 0.717) is 6.54 Å². The van der Waals surface area contributed by atoms with Gasteiger partial charge in [-0.1, -0.05) is 42.2 Å². The van der Waals surface area contributed by atoms with Crippen molar-refractivity contribution in [1.29, 1.82) is 0 Å². The van der Waals surface area contributed by atoms with Crippen molar-refractivity contribution in [1.82, 2.24) is 13.9 Å². The van der Waals surface area contributed by atoms with Crippen molar-refractivity contribution in [3.63, 3.8) is 0 Å². The van der Waals surface area contributed by atoms with E-state index in [2.05, 4.69) is 16.6 Å². The fraction of sp³-hybridized carbons (Fsp3) is 0.526. The van der Waals surface area contributed by atoms with Crippen LogP contribution in [0.2, 0.25) is 0 Å². The maximum atomic E-state index is 12.3. The number of nitrogens with one attached hydrogen (secondary N) is 1. The van der Waals surface area contributed by atoms with Crippen LogP contribution in [0, 0.1) is 17.3 Å². The van der Waals surface area contributed by atoms with E-state index in [4.69, 9.17) is 9.47 Å². The van der Waals surface area contributed by atoms with Crippen LogP contribution in [-0.4, -0.2) is 80.6 Å². The van der Waals surface area contributed by atoms with Crippen LogP contribution in [0.1, 0.15) is 5.56 Å². The second-order valence-electron chi connectivity index (χ2n) is 7.18. The highest BCUT2D eigenvalue weighted by Gasteiger charge is 2.47. The minimum Gasteiger partial charge on any atom is -0.445 e. The molecule has 0 aliphatic carbocycles. The molecule has 9 nitrogen and oxygen atoms in total.